The molecular weight excluding hydrogens is 369 g/mol. The standard InChI is InChI=1S/C22H26FN5O/c1-22(2,23)14-28-7-5-15(6-8-28)21(29)27-20-10-18-9-16(19-12-25-26-13-19)3-4-17(18)11-24-20/h3-4,9-13,15H,5-8,14H2,1-2H3,(H,25,26)(H,24,27,29). The monoisotopic (exact) mass is 395 g/mol. The number of fused-ring (bicyclic) bond motifs is 1. The summed E-state index contributed by atoms with van der Waals surface area (Å²) in [6.07, 6.45) is 6.87. The SMILES string of the molecule is CC(C)(F)CN1CCC(C(=O)Nc2cc3cc(-c4cn[nH]c4)ccc3cn2)CC1. The van der Waals surface area contributed by atoms with Gasteiger partial charge in [0.2, 0.25) is 5.91 Å². The van der Waals surface area contributed by atoms with Crippen molar-refractivity contribution >= 4 is 22.5 Å². The third-order valence-corrected chi connectivity index (χ3v) is 5.36. The van der Waals surface area contributed by atoms with Gasteiger partial charge in [0.05, 0.1) is 6.20 Å². The minimum absolute atomic E-state index is 0.0120. The number of anilines is 1. The van der Waals surface area contributed by atoms with Gasteiger partial charge in [-0.15, -0.1) is 0 Å². The Kier molecular flexibility index (Phi) is 5.32. The molecule has 3 heterocycles. The second-order valence-corrected chi connectivity index (χ2v) is 8.38. The highest BCUT2D eigenvalue weighted by molar-refractivity contribution is 5.95. The summed E-state index contributed by atoms with van der Waals surface area (Å²) in [4.78, 5) is 19.2. The number of rotatable bonds is 5. The average Bonchev–Trinajstić information content (AvgIpc) is 3.21. The van der Waals surface area contributed by atoms with E-state index in [-0.39, 0.29) is 11.8 Å². The highest BCUT2D eigenvalue weighted by Gasteiger charge is 2.28. The fourth-order valence-electron chi connectivity index (χ4n) is 3.91. The molecule has 4 rings (SSSR count). The number of amides is 1. The van der Waals surface area contributed by atoms with Crippen LogP contribution in [0.1, 0.15) is 26.7 Å². The molecule has 3 aromatic rings. The number of H-pyrrole nitrogens is 1. The molecule has 0 bridgehead atoms. The van der Waals surface area contributed by atoms with Crippen molar-refractivity contribution in [1.29, 1.82) is 0 Å². The predicted molar refractivity (Wildman–Crippen MR) is 112 cm³/mol. The molecule has 1 aliphatic heterocycles. The van der Waals surface area contributed by atoms with Crippen LogP contribution in [0.25, 0.3) is 21.9 Å². The number of nitrogens with zero attached hydrogens (tertiary/aromatic N) is 3. The number of carbonyl (C=O) groups is 1. The van der Waals surface area contributed by atoms with Gasteiger partial charge in [0, 0.05) is 35.8 Å². The van der Waals surface area contributed by atoms with Gasteiger partial charge < -0.3 is 10.2 Å². The van der Waals surface area contributed by atoms with Crippen molar-refractivity contribution in [2.24, 2.45) is 5.92 Å². The minimum Gasteiger partial charge on any atom is -0.310 e. The largest absolute Gasteiger partial charge is 0.310 e. The number of piperidine rings is 1. The fraction of sp³-hybridized carbons (Fsp3) is 0.409. The zero-order valence-electron chi connectivity index (χ0n) is 16.8. The molecule has 0 aliphatic carbocycles. The summed E-state index contributed by atoms with van der Waals surface area (Å²) in [5, 5.41) is 11.8. The van der Waals surface area contributed by atoms with E-state index in [0.29, 0.717) is 12.4 Å². The molecule has 6 nitrogen and oxygen atoms in total. The van der Waals surface area contributed by atoms with Crippen LogP contribution in [0.5, 0.6) is 0 Å². The van der Waals surface area contributed by atoms with Crippen LogP contribution >= 0.6 is 0 Å². The Morgan fingerprint density at radius 2 is 2.00 bits per heavy atom. The second kappa shape index (κ2) is 7.91. The van der Waals surface area contributed by atoms with Gasteiger partial charge in [0.25, 0.3) is 0 Å². The van der Waals surface area contributed by atoms with Crippen LogP contribution in [-0.2, 0) is 4.79 Å². The van der Waals surface area contributed by atoms with Gasteiger partial charge in [-0.2, -0.15) is 5.10 Å². The van der Waals surface area contributed by atoms with E-state index in [1.807, 2.05) is 24.4 Å². The van der Waals surface area contributed by atoms with Gasteiger partial charge in [0.15, 0.2) is 0 Å². The van der Waals surface area contributed by atoms with Crippen LogP contribution in [0, 0.1) is 5.92 Å². The van der Waals surface area contributed by atoms with E-state index in [9.17, 15) is 9.18 Å². The molecule has 1 saturated heterocycles. The molecule has 0 saturated carbocycles. The van der Waals surface area contributed by atoms with Crippen LogP contribution in [0.15, 0.2) is 42.9 Å². The minimum atomic E-state index is -1.21. The quantitative estimate of drug-likeness (QED) is 0.684. The lowest BCUT2D eigenvalue weighted by molar-refractivity contribution is -0.121. The third kappa shape index (κ3) is 4.79. The van der Waals surface area contributed by atoms with Crippen molar-refractivity contribution < 1.29 is 9.18 Å². The summed E-state index contributed by atoms with van der Waals surface area (Å²) in [5.41, 5.74) is 0.856. The van der Waals surface area contributed by atoms with E-state index in [2.05, 4.69) is 31.5 Å². The van der Waals surface area contributed by atoms with E-state index in [1.54, 1.807) is 26.2 Å². The average molecular weight is 395 g/mol. The molecule has 1 fully saturated rings. The zero-order valence-corrected chi connectivity index (χ0v) is 16.8. The summed E-state index contributed by atoms with van der Waals surface area (Å²) < 4.78 is 13.8. The molecule has 29 heavy (non-hydrogen) atoms. The van der Waals surface area contributed by atoms with Crippen LogP contribution in [-0.4, -0.2) is 51.3 Å². The molecule has 0 spiro atoms. The van der Waals surface area contributed by atoms with Crippen LogP contribution < -0.4 is 5.32 Å². The van der Waals surface area contributed by atoms with Gasteiger partial charge in [-0.05, 0) is 62.9 Å². The predicted octanol–water partition coefficient (Wildman–Crippen LogP) is 4.02. The van der Waals surface area contributed by atoms with Gasteiger partial charge >= 0.3 is 0 Å². The molecule has 152 valence electrons. The number of hydrogen-bond acceptors (Lipinski definition) is 4. The van der Waals surface area contributed by atoms with Crippen molar-refractivity contribution in [2.75, 3.05) is 25.0 Å². The number of hydrogen-bond donors (Lipinski definition) is 2. The van der Waals surface area contributed by atoms with E-state index in [1.165, 1.54) is 0 Å². The lowest BCUT2D eigenvalue weighted by Gasteiger charge is -2.33. The Morgan fingerprint density at radius 1 is 1.21 bits per heavy atom. The van der Waals surface area contributed by atoms with E-state index < -0.39 is 5.67 Å². The molecule has 0 unspecified atom stereocenters. The number of halogens is 1. The number of carbonyl (C=O) groups excluding carboxylic acids is 1. The van der Waals surface area contributed by atoms with Gasteiger partial charge in [-0.3, -0.25) is 9.89 Å². The summed E-state index contributed by atoms with van der Waals surface area (Å²) >= 11 is 0. The maximum atomic E-state index is 13.8. The Morgan fingerprint density at radius 3 is 2.69 bits per heavy atom. The number of aromatic nitrogens is 3. The summed E-state index contributed by atoms with van der Waals surface area (Å²) in [7, 11) is 0. The number of likely N-dealkylation sites (tertiary alicyclic amines) is 1. The maximum Gasteiger partial charge on any atom is 0.228 e. The number of pyridine rings is 1. The van der Waals surface area contributed by atoms with Crippen LogP contribution in [0.4, 0.5) is 10.2 Å². The Bertz CT molecular complexity index is 988. The third-order valence-electron chi connectivity index (χ3n) is 5.36. The van der Waals surface area contributed by atoms with E-state index in [4.69, 9.17) is 0 Å². The smallest absolute Gasteiger partial charge is 0.228 e. The highest BCUT2D eigenvalue weighted by atomic mass is 19.1. The first-order valence-electron chi connectivity index (χ1n) is 9.98. The Hall–Kier alpha value is -2.80. The molecule has 2 aromatic heterocycles. The molecule has 0 atom stereocenters. The molecule has 1 aliphatic rings. The zero-order chi connectivity index (χ0) is 20.4. The van der Waals surface area contributed by atoms with Crippen molar-refractivity contribution in [3.8, 4) is 11.1 Å². The number of aromatic amines is 1. The van der Waals surface area contributed by atoms with Crippen molar-refractivity contribution in [2.45, 2.75) is 32.4 Å². The molecule has 2 N–H and O–H groups in total. The molecule has 1 amide bonds. The highest BCUT2D eigenvalue weighted by Crippen LogP contribution is 2.26. The molecule has 1 aromatic carbocycles. The number of nitrogens with one attached hydrogen (secondary N) is 2. The van der Waals surface area contributed by atoms with Crippen molar-refractivity contribution in [3.63, 3.8) is 0 Å². The number of benzene rings is 1. The summed E-state index contributed by atoms with van der Waals surface area (Å²) in [6.45, 7) is 5.08. The Balaban J connectivity index is 1.42. The Labute approximate surface area is 169 Å². The lowest BCUT2D eigenvalue weighted by atomic mass is 9.95. The van der Waals surface area contributed by atoms with Crippen LogP contribution in [0.2, 0.25) is 0 Å². The topological polar surface area (TPSA) is 73.9 Å². The van der Waals surface area contributed by atoms with E-state index in [0.717, 1.165) is 47.8 Å². The maximum absolute atomic E-state index is 13.8. The van der Waals surface area contributed by atoms with Crippen LogP contribution in [0.3, 0.4) is 0 Å². The van der Waals surface area contributed by atoms with E-state index >= 15 is 0 Å². The molecular formula is C22H26FN5O. The fourth-order valence-corrected chi connectivity index (χ4v) is 3.91. The lowest BCUT2D eigenvalue weighted by Crippen LogP contribution is -2.43. The normalized spacial score (nSPS) is 16.2. The first kappa shape index (κ1) is 19.5. The second-order valence-electron chi connectivity index (χ2n) is 8.38. The molecule has 7 heteroatoms. The number of alkyl halides is 1. The van der Waals surface area contributed by atoms with Gasteiger partial charge in [0.1, 0.15) is 11.5 Å². The van der Waals surface area contributed by atoms with Crippen molar-refractivity contribution in [3.05, 3.63) is 42.9 Å². The van der Waals surface area contributed by atoms with Gasteiger partial charge in [-0.25, -0.2) is 9.37 Å². The van der Waals surface area contributed by atoms with Crippen molar-refractivity contribution in [1.82, 2.24) is 20.1 Å². The molecule has 0 radical (unpaired) electrons. The first-order valence-corrected chi connectivity index (χ1v) is 9.98. The first-order chi connectivity index (χ1) is 13.9. The van der Waals surface area contributed by atoms with Gasteiger partial charge in [-0.1, -0.05) is 12.1 Å². The summed E-state index contributed by atoms with van der Waals surface area (Å²) in [5.74, 6) is 0.477. The summed E-state index contributed by atoms with van der Waals surface area (Å²) in [6, 6.07) is 8.00.